The molecule has 0 radical (unpaired) electrons. The fraction of sp³-hybridized carbons (Fsp3) is 0.0435. The number of carbonyl (C=O) groups is 1. The third-order valence-electron chi connectivity index (χ3n) is 4.42. The highest BCUT2D eigenvalue weighted by Crippen LogP contribution is 2.29. The summed E-state index contributed by atoms with van der Waals surface area (Å²) in [5.41, 5.74) is 3.75. The molecular formula is C23H17ClN2O2. The molecule has 0 spiro atoms. The predicted molar refractivity (Wildman–Crippen MR) is 113 cm³/mol. The lowest BCUT2D eigenvalue weighted by Crippen LogP contribution is -2.32. The fourth-order valence-electron chi connectivity index (χ4n) is 3.05. The van der Waals surface area contributed by atoms with E-state index < -0.39 is 0 Å². The van der Waals surface area contributed by atoms with E-state index in [1.807, 2.05) is 43.3 Å². The summed E-state index contributed by atoms with van der Waals surface area (Å²) in [5.74, 6) is 0.470. The van der Waals surface area contributed by atoms with Crippen molar-refractivity contribution in [3.63, 3.8) is 0 Å². The van der Waals surface area contributed by atoms with Crippen LogP contribution >= 0.6 is 11.6 Å². The molecule has 0 fully saturated rings. The van der Waals surface area contributed by atoms with Crippen molar-refractivity contribution in [3.05, 3.63) is 100 Å². The van der Waals surface area contributed by atoms with Crippen molar-refractivity contribution < 1.29 is 9.90 Å². The average molecular weight is 389 g/mol. The monoisotopic (exact) mass is 388 g/mol. The second-order valence-corrected chi connectivity index (χ2v) is 6.98. The molecule has 1 N–H and O–H groups in total. The minimum atomic E-state index is -0.225. The van der Waals surface area contributed by atoms with Gasteiger partial charge < -0.3 is 5.11 Å². The number of aromatic hydroxyl groups is 1. The second kappa shape index (κ2) is 7.33. The van der Waals surface area contributed by atoms with Crippen LogP contribution in [0.5, 0.6) is 5.75 Å². The van der Waals surface area contributed by atoms with Gasteiger partial charge in [-0.25, -0.2) is 4.99 Å². The number of rotatable bonds is 3. The third-order valence-corrected chi connectivity index (χ3v) is 4.67. The highest BCUT2D eigenvalue weighted by Gasteiger charge is 2.32. The van der Waals surface area contributed by atoms with Crippen LogP contribution in [0.2, 0.25) is 5.02 Å². The van der Waals surface area contributed by atoms with Gasteiger partial charge in [0.05, 0.1) is 5.69 Å². The predicted octanol–water partition coefficient (Wildman–Crippen LogP) is 5.19. The van der Waals surface area contributed by atoms with Crippen molar-refractivity contribution in [2.24, 2.45) is 4.99 Å². The van der Waals surface area contributed by atoms with Gasteiger partial charge in [-0.3, -0.25) is 9.69 Å². The molecule has 3 aromatic carbocycles. The van der Waals surface area contributed by atoms with Crippen LogP contribution in [-0.2, 0) is 4.79 Å². The van der Waals surface area contributed by atoms with Crippen LogP contribution < -0.4 is 4.90 Å². The van der Waals surface area contributed by atoms with E-state index in [1.165, 1.54) is 0 Å². The maximum absolute atomic E-state index is 13.2. The molecule has 1 heterocycles. The van der Waals surface area contributed by atoms with Crippen molar-refractivity contribution in [2.75, 3.05) is 4.90 Å². The van der Waals surface area contributed by atoms with E-state index in [1.54, 1.807) is 47.4 Å². The zero-order valence-electron chi connectivity index (χ0n) is 15.1. The molecule has 0 aliphatic carbocycles. The number of aryl methyl sites for hydroxylation is 1. The van der Waals surface area contributed by atoms with Crippen molar-refractivity contribution in [1.29, 1.82) is 0 Å². The van der Waals surface area contributed by atoms with Crippen molar-refractivity contribution in [3.8, 4) is 5.75 Å². The van der Waals surface area contributed by atoms with Gasteiger partial charge in [-0.05, 0) is 61.0 Å². The maximum atomic E-state index is 13.2. The molecule has 4 rings (SSSR count). The number of hydrogen-bond acceptors (Lipinski definition) is 3. The first-order chi connectivity index (χ1) is 13.5. The van der Waals surface area contributed by atoms with Gasteiger partial charge in [0.15, 0.2) is 0 Å². The molecular weight excluding hydrogens is 372 g/mol. The van der Waals surface area contributed by atoms with Crippen LogP contribution in [0.1, 0.15) is 16.7 Å². The number of amides is 1. The van der Waals surface area contributed by atoms with E-state index in [9.17, 15) is 9.90 Å². The summed E-state index contributed by atoms with van der Waals surface area (Å²) in [7, 11) is 0. The number of amidine groups is 1. The molecule has 3 aromatic rings. The lowest BCUT2D eigenvalue weighted by molar-refractivity contribution is -0.113. The number of hydrogen-bond donors (Lipinski definition) is 1. The first-order valence-electron chi connectivity index (χ1n) is 8.78. The van der Waals surface area contributed by atoms with Gasteiger partial charge >= 0.3 is 0 Å². The summed E-state index contributed by atoms with van der Waals surface area (Å²) in [6, 6.07) is 21.6. The van der Waals surface area contributed by atoms with Gasteiger partial charge in [-0.1, -0.05) is 47.5 Å². The summed E-state index contributed by atoms with van der Waals surface area (Å²) in [4.78, 5) is 19.4. The molecule has 0 saturated heterocycles. The van der Waals surface area contributed by atoms with E-state index in [2.05, 4.69) is 4.99 Å². The summed E-state index contributed by atoms with van der Waals surface area (Å²) >= 11 is 5.95. The van der Waals surface area contributed by atoms with Crippen LogP contribution in [-0.4, -0.2) is 16.8 Å². The van der Waals surface area contributed by atoms with E-state index in [0.29, 0.717) is 22.2 Å². The highest BCUT2D eigenvalue weighted by molar-refractivity contribution is 6.33. The minimum absolute atomic E-state index is 0.140. The van der Waals surface area contributed by atoms with E-state index >= 15 is 0 Å². The van der Waals surface area contributed by atoms with Crippen molar-refractivity contribution >= 4 is 35.1 Å². The van der Waals surface area contributed by atoms with E-state index in [4.69, 9.17) is 11.6 Å². The number of carbonyl (C=O) groups excluding carboxylic acids is 1. The molecule has 0 bridgehead atoms. The Morgan fingerprint density at radius 1 is 1.00 bits per heavy atom. The second-order valence-electron chi connectivity index (χ2n) is 6.54. The lowest BCUT2D eigenvalue weighted by atomic mass is 10.1. The Morgan fingerprint density at radius 2 is 1.71 bits per heavy atom. The Kier molecular flexibility index (Phi) is 4.72. The molecule has 1 amide bonds. The Morgan fingerprint density at radius 3 is 2.39 bits per heavy atom. The molecule has 4 nitrogen and oxygen atoms in total. The first kappa shape index (κ1) is 18.0. The van der Waals surface area contributed by atoms with Gasteiger partial charge in [-0.15, -0.1) is 0 Å². The molecule has 1 aliphatic rings. The molecule has 28 heavy (non-hydrogen) atoms. The molecule has 5 heteroatoms. The number of phenolic OH excluding ortho intramolecular Hbond substituents is 1. The van der Waals surface area contributed by atoms with E-state index in [-0.39, 0.29) is 11.7 Å². The van der Waals surface area contributed by atoms with Crippen LogP contribution in [0.15, 0.2) is 83.5 Å². The quantitative estimate of drug-likeness (QED) is 0.628. The van der Waals surface area contributed by atoms with Crippen molar-refractivity contribution in [2.45, 2.75) is 6.92 Å². The number of phenols is 1. The summed E-state index contributed by atoms with van der Waals surface area (Å²) < 4.78 is 0. The molecule has 0 unspecified atom stereocenters. The zero-order chi connectivity index (χ0) is 19.7. The van der Waals surface area contributed by atoms with E-state index in [0.717, 1.165) is 16.7 Å². The van der Waals surface area contributed by atoms with Gasteiger partial charge in [0.1, 0.15) is 17.3 Å². The fourth-order valence-corrected chi connectivity index (χ4v) is 3.18. The lowest BCUT2D eigenvalue weighted by Gasteiger charge is -2.18. The van der Waals surface area contributed by atoms with Crippen LogP contribution in [0.4, 0.5) is 5.69 Å². The number of benzene rings is 3. The molecule has 0 saturated carbocycles. The zero-order valence-corrected chi connectivity index (χ0v) is 15.9. The number of aliphatic imine (C=N–C) groups is 1. The minimum Gasteiger partial charge on any atom is -0.508 e. The van der Waals surface area contributed by atoms with Gasteiger partial charge in [0.25, 0.3) is 5.91 Å². The molecule has 138 valence electrons. The third kappa shape index (κ3) is 3.55. The first-order valence-corrected chi connectivity index (χ1v) is 9.15. The summed E-state index contributed by atoms with van der Waals surface area (Å²) in [6.45, 7) is 2.00. The SMILES string of the molecule is Cc1cccc(C2=N/C(=C/c3ccc(Cl)cc3)C(=O)N2c2ccc(O)cc2)c1. The molecule has 0 atom stereocenters. The van der Waals surface area contributed by atoms with Gasteiger partial charge in [0.2, 0.25) is 0 Å². The Balaban J connectivity index is 1.82. The van der Waals surface area contributed by atoms with Crippen LogP contribution in [0.3, 0.4) is 0 Å². The Hall–Kier alpha value is -3.37. The number of anilines is 1. The van der Waals surface area contributed by atoms with Crippen LogP contribution in [0, 0.1) is 6.92 Å². The average Bonchev–Trinajstić information content (AvgIpc) is 3.01. The summed E-state index contributed by atoms with van der Waals surface area (Å²) in [6.07, 6.45) is 1.74. The topological polar surface area (TPSA) is 52.9 Å². The normalized spacial score (nSPS) is 15.2. The molecule has 1 aliphatic heterocycles. The Bertz CT molecular complexity index is 1100. The van der Waals surface area contributed by atoms with Gasteiger partial charge in [-0.2, -0.15) is 0 Å². The number of halogens is 1. The Labute approximate surface area is 168 Å². The van der Waals surface area contributed by atoms with Crippen LogP contribution in [0.25, 0.3) is 6.08 Å². The smallest absolute Gasteiger partial charge is 0.282 e. The number of nitrogens with zero attached hydrogens (tertiary/aromatic N) is 2. The largest absolute Gasteiger partial charge is 0.508 e. The highest BCUT2D eigenvalue weighted by atomic mass is 35.5. The van der Waals surface area contributed by atoms with Crippen molar-refractivity contribution in [1.82, 2.24) is 0 Å². The standard InChI is InChI=1S/C23H17ClN2O2/c1-15-3-2-4-17(13-15)22-25-21(14-16-5-7-18(24)8-6-16)23(28)26(22)19-9-11-20(27)12-10-19/h2-14,27H,1H3/b21-14+. The summed E-state index contributed by atoms with van der Waals surface area (Å²) in [5, 5.41) is 10.2. The van der Waals surface area contributed by atoms with Gasteiger partial charge in [0, 0.05) is 10.6 Å². The molecule has 0 aromatic heterocycles. The maximum Gasteiger partial charge on any atom is 0.282 e.